The highest BCUT2D eigenvalue weighted by atomic mass is 15.2. The van der Waals surface area contributed by atoms with E-state index < -0.39 is 0 Å². The SMILES string of the molecule is CN(c1ccnc(-c2cnc3ccc(C#N)cn23)n1)[C@@H]1CCCNC1. The van der Waals surface area contributed by atoms with Crippen molar-refractivity contribution in [3.8, 4) is 17.6 Å². The van der Waals surface area contributed by atoms with E-state index in [1.54, 1.807) is 24.7 Å². The summed E-state index contributed by atoms with van der Waals surface area (Å²) in [5.41, 5.74) is 2.13. The Bertz CT molecular complexity index is 934. The molecule has 0 unspecified atom stereocenters. The first-order chi connectivity index (χ1) is 12.3. The van der Waals surface area contributed by atoms with Crippen LogP contribution in [0.1, 0.15) is 18.4 Å². The van der Waals surface area contributed by atoms with Gasteiger partial charge >= 0.3 is 0 Å². The minimum absolute atomic E-state index is 0.434. The van der Waals surface area contributed by atoms with Gasteiger partial charge in [0.25, 0.3) is 0 Å². The molecule has 1 atom stereocenters. The van der Waals surface area contributed by atoms with Gasteiger partial charge in [-0.2, -0.15) is 5.26 Å². The van der Waals surface area contributed by atoms with Gasteiger partial charge in [-0.05, 0) is 37.6 Å². The summed E-state index contributed by atoms with van der Waals surface area (Å²) >= 11 is 0. The Morgan fingerprint density at radius 2 is 2.24 bits per heavy atom. The van der Waals surface area contributed by atoms with Gasteiger partial charge in [0, 0.05) is 32.0 Å². The number of nitrogens with one attached hydrogen (secondary N) is 1. The van der Waals surface area contributed by atoms with Crippen molar-refractivity contribution < 1.29 is 0 Å². The lowest BCUT2D eigenvalue weighted by Gasteiger charge is -2.32. The molecular formula is C18H19N7. The van der Waals surface area contributed by atoms with E-state index >= 15 is 0 Å². The largest absolute Gasteiger partial charge is 0.355 e. The molecule has 4 heterocycles. The molecule has 7 nitrogen and oxygen atoms in total. The van der Waals surface area contributed by atoms with Crippen LogP contribution in [0, 0.1) is 11.3 Å². The molecule has 3 aromatic heterocycles. The molecule has 25 heavy (non-hydrogen) atoms. The van der Waals surface area contributed by atoms with Gasteiger partial charge in [-0.15, -0.1) is 0 Å². The minimum Gasteiger partial charge on any atom is -0.355 e. The second kappa shape index (κ2) is 6.49. The quantitative estimate of drug-likeness (QED) is 0.788. The Morgan fingerprint density at radius 3 is 3.04 bits per heavy atom. The number of pyridine rings is 1. The van der Waals surface area contributed by atoms with E-state index in [1.165, 1.54) is 6.42 Å². The summed E-state index contributed by atoms with van der Waals surface area (Å²) in [6.45, 7) is 2.05. The lowest BCUT2D eigenvalue weighted by molar-refractivity contribution is 0.443. The van der Waals surface area contributed by atoms with Crippen LogP contribution in [0.3, 0.4) is 0 Å². The molecule has 1 saturated heterocycles. The van der Waals surface area contributed by atoms with Crippen molar-refractivity contribution in [2.45, 2.75) is 18.9 Å². The average Bonchev–Trinajstić information content (AvgIpc) is 3.11. The maximum Gasteiger partial charge on any atom is 0.180 e. The second-order valence-electron chi connectivity index (χ2n) is 6.25. The van der Waals surface area contributed by atoms with Gasteiger partial charge in [0.1, 0.15) is 23.2 Å². The third-order valence-electron chi connectivity index (χ3n) is 4.68. The summed E-state index contributed by atoms with van der Waals surface area (Å²) in [5, 5.41) is 12.6. The molecule has 0 aromatic carbocycles. The monoisotopic (exact) mass is 333 g/mol. The summed E-state index contributed by atoms with van der Waals surface area (Å²) in [4.78, 5) is 15.8. The first-order valence-corrected chi connectivity index (χ1v) is 8.40. The fraction of sp³-hybridized carbons (Fsp3) is 0.333. The Labute approximate surface area is 146 Å². The number of anilines is 1. The van der Waals surface area contributed by atoms with Crippen LogP contribution in [0.2, 0.25) is 0 Å². The van der Waals surface area contributed by atoms with Crippen LogP contribution in [0.5, 0.6) is 0 Å². The Morgan fingerprint density at radius 1 is 1.32 bits per heavy atom. The molecule has 3 aromatic rings. The van der Waals surface area contributed by atoms with Crippen molar-refractivity contribution in [2.75, 3.05) is 25.0 Å². The fourth-order valence-corrected chi connectivity index (χ4v) is 3.23. The van der Waals surface area contributed by atoms with Crippen molar-refractivity contribution in [3.05, 3.63) is 42.4 Å². The number of imidazole rings is 1. The van der Waals surface area contributed by atoms with Crippen LogP contribution in [0.15, 0.2) is 36.8 Å². The summed E-state index contributed by atoms with van der Waals surface area (Å²) in [6, 6.07) is 8.10. The third kappa shape index (κ3) is 2.92. The van der Waals surface area contributed by atoms with Crippen molar-refractivity contribution >= 4 is 11.5 Å². The molecule has 126 valence electrons. The Kier molecular flexibility index (Phi) is 4.04. The molecule has 0 saturated carbocycles. The number of aromatic nitrogens is 4. The average molecular weight is 333 g/mol. The smallest absolute Gasteiger partial charge is 0.180 e. The molecule has 1 aliphatic heterocycles. The molecule has 0 aliphatic carbocycles. The highest BCUT2D eigenvalue weighted by Gasteiger charge is 2.20. The highest BCUT2D eigenvalue weighted by molar-refractivity contribution is 5.59. The summed E-state index contributed by atoms with van der Waals surface area (Å²) in [6.07, 6.45) is 7.62. The third-order valence-corrected chi connectivity index (χ3v) is 4.68. The normalized spacial score (nSPS) is 17.4. The topological polar surface area (TPSA) is 82.1 Å². The second-order valence-corrected chi connectivity index (χ2v) is 6.25. The van der Waals surface area contributed by atoms with E-state index in [1.807, 2.05) is 16.5 Å². The van der Waals surface area contributed by atoms with Crippen LogP contribution < -0.4 is 10.2 Å². The molecule has 1 aliphatic rings. The molecular weight excluding hydrogens is 314 g/mol. The number of nitrogens with zero attached hydrogens (tertiary/aromatic N) is 6. The maximum atomic E-state index is 9.13. The first kappa shape index (κ1) is 15.5. The lowest BCUT2D eigenvalue weighted by Crippen LogP contribution is -2.44. The van der Waals surface area contributed by atoms with E-state index in [4.69, 9.17) is 10.2 Å². The van der Waals surface area contributed by atoms with Crippen molar-refractivity contribution in [1.29, 1.82) is 5.26 Å². The number of piperidine rings is 1. The maximum absolute atomic E-state index is 9.13. The molecule has 1 N–H and O–H groups in total. The van der Waals surface area contributed by atoms with E-state index in [0.717, 1.165) is 36.7 Å². The molecule has 0 radical (unpaired) electrons. The minimum atomic E-state index is 0.434. The van der Waals surface area contributed by atoms with Gasteiger partial charge in [-0.25, -0.2) is 15.0 Å². The number of likely N-dealkylation sites (N-methyl/N-ethyl adjacent to an activating group) is 1. The zero-order valence-corrected chi connectivity index (χ0v) is 14.1. The lowest BCUT2D eigenvalue weighted by atomic mass is 10.1. The molecule has 0 bridgehead atoms. The number of nitriles is 1. The highest BCUT2D eigenvalue weighted by Crippen LogP contribution is 2.22. The molecule has 0 amide bonds. The summed E-state index contributed by atoms with van der Waals surface area (Å²) < 4.78 is 1.86. The Hall–Kier alpha value is -2.98. The summed E-state index contributed by atoms with van der Waals surface area (Å²) in [5.74, 6) is 1.50. The molecule has 0 spiro atoms. The van der Waals surface area contributed by atoms with Crippen LogP contribution in [-0.2, 0) is 0 Å². The van der Waals surface area contributed by atoms with Gasteiger partial charge < -0.3 is 10.2 Å². The van der Waals surface area contributed by atoms with Gasteiger partial charge in [-0.1, -0.05) is 0 Å². The van der Waals surface area contributed by atoms with Gasteiger partial charge in [-0.3, -0.25) is 4.40 Å². The van der Waals surface area contributed by atoms with E-state index in [2.05, 4.69) is 33.3 Å². The molecule has 7 heteroatoms. The zero-order chi connectivity index (χ0) is 17.2. The number of hydrogen-bond donors (Lipinski definition) is 1. The Balaban J connectivity index is 1.71. The predicted octanol–water partition coefficient (Wildman–Crippen LogP) is 1.85. The first-order valence-electron chi connectivity index (χ1n) is 8.40. The van der Waals surface area contributed by atoms with E-state index in [0.29, 0.717) is 17.4 Å². The van der Waals surface area contributed by atoms with Crippen molar-refractivity contribution in [3.63, 3.8) is 0 Å². The van der Waals surface area contributed by atoms with Gasteiger partial charge in [0.15, 0.2) is 5.82 Å². The van der Waals surface area contributed by atoms with Crippen LogP contribution in [0.4, 0.5) is 5.82 Å². The molecule has 1 fully saturated rings. The zero-order valence-electron chi connectivity index (χ0n) is 14.1. The van der Waals surface area contributed by atoms with Crippen molar-refractivity contribution in [2.24, 2.45) is 0 Å². The summed E-state index contributed by atoms with van der Waals surface area (Å²) in [7, 11) is 2.08. The number of hydrogen-bond acceptors (Lipinski definition) is 6. The molecule has 4 rings (SSSR count). The van der Waals surface area contributed by atoms with Crippen LogP contribution >= 0.6 is 0 Å². The van der Waals surface area contributed by atoms with E-state index in [-0.39, 0.29) is 0 Å². The number of rotatable bonds is 3. The van der Waals surface area contributed by atoms with Crippen LogP contribution in [0.25, 0.3) is 17.2 Å². The predicted molar refractivity (Wildman–Crippen MR) is 95.2 cm³/mol. The number of fused-ring (bicyclic) bond motifs is 1. The standard InChI is InChI=1S/C18H19N7/c1-24(14-3-2-7-20-10-14)17-6-8-21-18(23-17)15-11-22-16-5-4-13(9-19)12-25(15)16/h4-6,8,11-12,14,20H,2-3,7,10H2,1H3/t14-/m1/s1. The van der Waals surface area contributed by atoms with E-state index in [9.17, 15) is 0 Å². The fourth-order valence-electron chi connectivity index (χ4n) is 3.23. The van der Waals surface area contributed by atoms with Gasteiger partial charge in [0.2, 0.25) is 0 Å². The van der Waals surface area contributed by atoms with Crippen LogP contribution in [-0.4, -0.2) is 45.5 Å². The van der Waals surface area contributed by atoms with Crippen molar-refractivity contribution in [1.82, 2.24) is 24.7 Å². The van der Waals surface area contributed by atoms with Gasteiger partial charge in [0.05, 0.1) is 11.8 Å².